The Hall–Kier alpha value is -6.40. The molecule has 0 unspecified atom stereocenters. The van der Waals surface area contributed by atoms with E-state index < -0.39 is 8.07 Å². The molecule has 8 rings (SSSR count). The molecule has 0 aliphatic carbocycles. The number of pyridine rings is 6. The lowest BCUT2D eigenvalue weighted by atomic mass is 10.0. The Balaban J connectivity index is 0.000000172. The van der Waals surface area contributed by atoms with Gasteiger partial charge in [0.1, 0.15) is 8.07 Å². The van der Waals surface area contributed by atoms with Crippen molar-refractivity contribution in [3.63, 3.8) is 0 Å². The summed E-state index contributed by atoms with van der Waals surface area (Å²) < 4.78 is 1.06. The molecule has 266 valence electrons. The van der Waals surface area contributed by atoms with Crippen LogP contribution in [0.1, 0.15) is 5.56 Å². The Bertz CT molecular complexity index is 2440. The molecule has 8 heteroatoms. The Labute approximate surface area is 331 Å². The van der Waals surface area contributed by atoms with E-state index in [0.717, 1.165) is 77.8 Å². The van der Waals surface area contributed by atoms with Crippen LogP contribution in [-0.2, 0) is 0 Å². The third kappa shape index (κ3) is 9.98. The second-order valence-electron chi connectivity index (χ2n) is 13.7. The predicted octanol–water partition coefficient (Wildman–Crippen LogP) is 11.7. The molecular formula is C47H37BrN6Si. The van der Waals surface area contributed by atoms with Gasteiger partial charge in [-0.2, -0.15) is 0 Å². The first-order chi connectivity index (χ1) is 26.8. The Morgan fingerprint density at radius 1 is 0.400 bits per heavy atom. The quantitative estimate of drug-likeness (QED) is 0.123. The average molecular weight is 794 g/mol. The maximum Gasteiger partial charge on any atom is 0.129 e. The van der Waals surface area contributed by atoms with E-state index in [1.54, 1.807) is 24.8 Å². The highest BCUT2D eigenvalue weighted by Crippen LogP contribution is 2.31. The van der Waals surface area contributed by atoms with E-state index in [2.05, 4.69) is 128 Å². The van der Waals surface area contributed by atoms with Gasteiger partial charge in [-0.1, -0.05) is 90.0 Å². The molecule has 0 saturated carbocycles. The minimum Gasteiger partial charge on any atom is -0.255 e. The molecule has 0 amide bonds. The van der Waals surface area contributed by atoms with Crippen LogP contribution in [0.2, 0.25) is 19.6 Å². The summed E-state index contributed by atoms with van der Waals surface area (Å²) in [6, 6.07) is 48.4. The third-order valence-electron chi connectivity index (χ3n) is 8.34. The minimum absolute atomic E-state index is 0.830. The van der Waals surface area contributed by atoms with Gasteiger partial charge in [0.05, 0.1) is 45.6 Å². The van der Waals surface area contributed by atoms with Crippen LogP contribution < -0.4 is 0 Å². The monoisotopic (exact) mass is 792 g/mol. The van der Waals surface area contributed by atoms with Crippen molar-refractivity contribution in [3.05, 3.63) is 180 Å². The van der Waals surface area contributed by atoms with Crippen molar-refractivity contribution in [1.29, 1.82) is 0 Å². The highest BCUT2D eigenvalue weighted by atomic mass is 79.9. The standard InChI is InChI=1S/C26H23N3Si.C21H14BrN3/c1-30(2,3)17-14-20-10-12-21(13-11-20)22-18-25(23-8-4-6-15-27-23)29-26(19-22)24-9-5-7-16-28-24;22-17-9-7-15(8-10-17)16-13-20(18-5-1-3-11-23-18)25-21(14-16)19-6-2-4-12-24-19/h4-13,15-16,18-19H,1-3H3;1-14H. The third-order valence-corrected chi connectivity index (χ3v) is 9.74. The number of hydrogen-bond acceptors (Lipinski definition) is 6. The fourth-order valence-electron chi connectivity index (χ4n) is 5.62. The molecule has 0 spiro atoms. The van der Waals surface area contributed by atoms with E-state index in [1.165, 1.54) is 0 Å². The molecule has 55 heavy (non-hydrogen) atoms. The molecule has 2 aromatic carbocycles. The van der Waals surface area contributed by atoms with Gasteiger partial charge in [0.25, 0.3) is 0 Å². The van der Waals surface area contributed by atoms with Crippen LogP contribution in [0.3, 0.4) is 0 Å². The van der Waals surface area contributed by atoms with Crippen molar-refractivity contribution >= 4 is 24.0 Å². The van der Waals surface area contributed by atoms with E-state index in [0.29, 0.717) is 0 Å². The number of halogens is 1. The summed E-state index contributed by atoms with van der Waals surface area (Å²) in [5.74, 6) is 3.32. The summed E-state index contributed by atoms with van der Waals surface area (Å²) >= 11 is 3.49. The lowest BCUT2D eigenvalue weighted by Crippen LogP contribution is -2.16. The van der Waals surface area contributed by atoms with Crippen LogP contribution in [0.5, 0.6) is 0 Å². The van der Waals surface area contributed by atoms with Gasteiger partial charge in [-0.25, -0.2) is 9.97 Å². The number of hydrogen-bond donors (Lipinski definition) is 0. The van der Waals surface area contributed by atoms with E-state index in [-0.39, 0.29) is 0 Å². The molecule has 0 aliphatic heterocycles. The van der Waals surface area contributed by atoms with Gasteiger partial charge in [-0.05, 0) is 119 Å². The first kappa shape index (κ1) is 36.9. The van der Waals surface area contributed by atoms with Crippen molar-refractivity contribution in [2.75, 3.05) is 0 Å². The summed E-state index contributed by atoms with van der Waals surface area (Å²) in [4.78, 5) is 27.5. The van der Waals surface area contributed by atoms with E-state index in [4.69, 9.17) is 9.97 Å². The van der Waals surface area contributed by atoms with Crippen molar-refractivity contribution < 1.29 is 0 Å². The fraction of sp³-hybridized carbons (Fsp3) is 0.0638. The number of nitrogens with zero attached hydrogens (tertiary/aromatic N) is 6. The van der Waals surface area contributed by atoms with Crippen molar-refractivity contribution in [1.82, 2.24) is 29.9 Å². The first-order valence-corrected chi connectivity index (χ1v) is 22.2. The largest absolute Gasteiger partial charge is 0.255 e. The van der Waals surface area contributed by atoms with Crippen LogP contribution >= 0.6 is 15.9 Å². The molecule has 0 fully saturated rings. The van der Waals surface area contributed by atoms with E-state index >= 15 is 0 Å². The lowest BCUT2D eigenvalue weighted by molar-refractivity contribution is 1.22. The smallest absolute Gasteiger partial charge is 0.129 e. The molecule has 0 atom stereocenters. The van der Waals surface area contributed by atoms with Gasteiger partial charge < -0.3 is 0 Å². The number of benzene rings is 2. The highest BCUT2D eigenvalue weighted by Gasteiger charge is 2.12. The Morgan fingerprint density at radius 3 is 1.05 bits per heavy atom. The highest BCUT2D eigenvalue weighted by molar-refractivity contribution is 9.10. The molecule has 6 nitrogen and oxygen atoms in total. The molecule has 6 aromatic heterocycles. The summed E-state index contributed by atoms with van der Waals surface area (Å²) in [5.41, 5.74) is 15.6. The zero-order valence-corrected chi connectivity index (χ0v) is 33.3. The van der Waals surface area contributed by atoms with Gasteiger partial charge in [-0.3, -0.25) is 19.9 Å². The number of rotatable bonds is 6. The molecule has 8 aromatic rings. The van der Waals surface area contributed by atoms with E-state index in [1.807, 2.05) is 84.9 Å². The Kier molecular flexibility index (Phi) is 11.5. The molecular weight excluding hydrogens is 757 g/mol. The van der Waals surface area contributed by atoms with Crippen LogP contribution in [0.4, 0.5) is 0 Å². The molecule has 0 bridgehead atoms. The molecule has 0 aliphatic rings. The number of aromatic nitrogens is 6. The van der Waals surface area contributed by atoms with Crippen molar-refractivity contribution in [2.45, 2.75) is 19.6 Å². The van der Waals surface area contributed by atoms with Crippen LogP contribution in [-0.4, -0.2) is 38.0 Å². The van der Waals surface area contributed by atoms with Gasteiger partial charge in [0.15, 0.2) is 0 Å². The van der Waals surface area contributed by atoms with Crippen LogP contribution in [0.25, 0.3) is 67.8 Å². The predicted molar refractivity (Wildman–Crippen MR) is 230 cm³/mol. The van der Waals surface area contributed by atoms with Crippen molar-refractivity contribution in [3.8, 4) is 79.3 Å². The molecule has 0 radical (unpaired) electrons. The maximum atomic E-state index is 4.83. The topological polar surface area (TPSA) is 77.3 Å². The van der Waals surface area contributed by atoms with Gasteiger partial charge in [0.2, 0.25) is 0 Å². The Morgan fingerprint density at radius 2 is 0.745 bits per heavy atom. The van der Waals surface area contributed by atoms with Gasteiger partial charge in [0, 0.05) is 34.8 Å². The minimum atomic E-state index is -1.39. The zero-order valence-electron chi connectivity index (χ0n) is 30.7. The molecule has 0 saturated heterocycles. The average Bonchev–Trinajstić information content (AvgIpc) is 3.24. The van der Waals surface area contributed by atoms with Gasteiger partial charge >= 0.3 is 0 Å². The van der Waals surface area contributed by atoms with Crippen molar-refractivity contribution in [2.24, 2.45) is 0 Å². The molecule has 6 heterocycles. The SMILES string of the molecule is Brc1ccc(-c2cc(-c3ccccn3)nc(-c3ccccn3)c2)cc1.C[Si](C)(C)C#Cc1ccc(-c2cc(-c3ccccn3)nc(-c3ccccn3)c2)cc1. The second-order valence-corrected chi connectivity index (χ2v) is 19.4. The van der Waals surface area contributed by atoms with Crippen LogP contribution in [0.15, 0.2) is 175 Å². The summed E-state index contributed by atoms with van der Waals surface area (Å²) in [5, 5.41) is 0. The maximum absolute atomic E-state index is 4.83. The summed E-state index contributed by atoms with van der Waals surface area (Å²) in [7, 11) is -1.39. The zero-order chi connectivity index (χ0) is 38.0. The summed E-state index contributed by atoms with van der Waals surface area (Å²) in [6.45, 7) is 6.76. The molecule has 0 N–H and O–H groups in total. The van der Waals surface area contributed by atoms with Crippen LogP contribution in [0, 0.1) is 11.5 Å². The summed E-state index contributed by atoms with van der Waals surface area (Å²) in [6.07, 6.45) is 7.14. The second kappa shape index (κ2) is 17.2. The first-order valence-electron chi connectivity index (χ1n) is 17.9. The van der Waals surface area contributed by atoms with E-state index in [9.17, 15) is 0 Å². The van der Waals surface area contributed by atoms with Gasteiger partial charge in [-0.15, -0.1) is 5.54 Å². The lowest BCUT2D eigenvalue weighted by Gasteiger charge is -2.09. The normalized spacial score (nSPS) is 10.8. The fourth-order valence-corrected chi connectivity index (χ4v) is 6.41.